The molecule has 0 bridgehead atoms. The Morgan fingerprint density at radius 2 is 2.14 bits per heavy atom. The van der Waals surface area contributed by atoms with Gasteiger partial charge < -0.3 is 5.32 Å². The number of hydrogen-bond acceptors (Lipinski definition) is 4. The van der Waals surface area contributed by atoms with E-state index < -0.39 is 5.82 Å². The van der Waals surface area contributed by atoms with E-state index in [1.807, 2.05) is 6.92 Å². The molecule has 0 aliphatic heterocycles. The molecule has 112 valence electrons. The van der Waals surface area contributed by atoms with E-state index in [2.05, 4.69) is 16.4 Å². The average Bonchev–Trinajstić information content (AvgIpc) is 2.50. The van der Waals surface area contributed by atoms with Crippen LogP contribution >= 0.6 is 11.8 Å². The van der Waals surface area contributed by atoms with Gasteiger partial charge in [0.05, 0.1) is 11.3 Å². The normalized spacial score (nSPS) is 10.0. The van der Waals surface area contributed by atoms with Crippen LogP contribution in [-0.2, 0) is 4.79 Å². The molecule has 2 aromatic rings. The van der Waals surface area contributed by atoms with Crippen LogP contribution in [0.2, 0.25) is 0 Å². The summed E-state index contributed by atoms with van der Waals surface area (Å²) in [5.41, 5.74) is 1.48. The van der Waals surface area contributed by atoms with Gasteiger partial charge in [-0.25, -0.2) is 9.37 Å². The lowest BCUT2D eigenvalue weighted by Gasteiger charge is -2.06. The van der Waals surface area contributed by atoms with Crippen molar-refractivity contribution in [3.8, 4) is 6.07 Å². The van der Waals surface area contributed by atoms with Gasteiger partial charge in [-0.1, -0.05) is 12.1 Å². The molecule has 0 unspecified atom stereocenters. The number of rotatable bonds is 5. The first-order valence-electron chi connectivity index (χ1n) is 6.65. The molecule has 0 fully saturated rings. The first kappa shape index (κ1) is 16.0. The number of anilines is 1. The predicted molar refractivity (Wildman–Crippen MR) is 84.1 cm³/mol. The highest BCUT2D eigenvalue weighted by atomic mass is 32.2. The maximum absolute atomic E-state index is 13.4. The lowest BCUT2D eigenvalue weighted by atomic mass is 10.3. The molecule has 22 heavy (non-hydrogen) atoms. The van der Waals surface area contributed by atoms with Crippen LogP contribution in [0.5, 0.6) is 0 Å². The smallest absolute Gasteiger partial charge is 0.225 e. The van der Waals surface area contributed by atoms with Crippen molar-refractivity contribution in [1.82, 2.24) is 4.98 Å². The number of aryl methyl sites for hydroxylation is 1. The van der Waals surface area contributed by atoms with Crippen molar-refractivity contribution in [2.75, 3.05) is 11.1 Å². The molecule has 2 rings (SSSR count). The van der Waals surface area contributed by atoms with Gasteiger partial charge in [0.1, 0.15) is 16.9 Å². The molecule has 1 aromatic heterocycles. The van der Waals surface area contributed by atoms with E-state index in [9.17, 15) is 9.18 Å². The molecule has 0 saturated carbocycles. The maximum atomic E-state index is 13.4. The minimum atomic E-state index is -0.462. The largest absolute Gasteiger partial charge is 0.324 e. The summed E-state index contributed by atoms with van der Waals surface area (Å²) in [6.07, 6.45) is 0.208. The van der Waals surface area contributed by atoms with Crippen molar-refractivity contribution in [1.29, 1.82) is 5.26 Å². The molecule has 0 aliphatic rings. The number of para-hydroxylation sites is 1. The zero-order valence-electron chi connectivity index (χ0n) is 12.0. The molecule has 6 heteroatoms. The Kier molecular flexibility index (Phi) is 5.50. The van der Waals surface area contributed by atoms with Crippen LogP contribution in [0, 0.1) is 24.1 Å². The van der Waals surface area contributed by atoms with Crippen molar-refractivity contribution >= 4 is 23.4 Å². The molecule has 0 radical (unpaired) electrons. The van der Waals surface area contributed by atoms with Crippen LogP contribution in [0.3, 0.4) is 0 Å². The molecule has 0 atom stereocenters. The average molecular weight is 315 g/mol. The van der Waals surface area contributed by atoms with Crippen molar-refractivity contribution in [3.63, 3.8) is 0 Å². The number of amides is 1. The highest BCUT2D eigenvalue weighted by molar-refractivity contribution is 7.99. The van der Waals surface area contributed by atoms with Crippen LogP contribution < -0.4 is 5.32 Å². The monoisotopic (exact) mass is 315 g/mol. The molecule has 1 N–H and O–H groups in total. The fraction of sp³-hybridized carbons (Fsp3) is 0.188. The Morgan fingerprint density at radius 1 is 1.36 bits per heavy atom. The summed E-state index contributed by atoms with van der Waals surface area (Å²) in [7, 11) is 0. The molecule has 1 amide bonds. The molecule has 0 aliphatic carbocycles. The second-order valence-electron chi connectivity index (χ2n) is 4.54. The van der Waals surface area contributed by atoms with Crippen molar-refractivity contribution in [3.05, 3.63) is 53.5 Å². The Morgan fingerprint density at radius 3 is 2.86 bits per heavy atom. The Bertz CT molecular complexity index is 728. The number of carbonyl (C=O) groups excluding carboxylic acids is 1. The van der Waals surface area contributed by atoms with Gasteiger partial charge in [0, 0.05) is 17.9 Å². The second-order valence-corrected chi connectivity index (χ2v) is 5.63. The van der Waals surface area contributed by atoms with Gasteiger partial charge in [-0.15, -0.1) is 11.8 Å². The van der Waals surface area contributed by atoms with E-state index >= 15 is 0 Å². The van der Waals surface area contributed by atoms with E-state index in [0.29, 0.717) is 16.3 Å². The SMILES string of the molecule is Cc1ccc(C#N)c(SCCC(=O)Nc2ccccc2F)n1. The summed E-state index contributed by atoms with van der Waals surface area (Å²) in [5.74, 6) is -0.273. The van der Waals surface area contributed by atoms with Crippen LogP contribution in [0.25, 0.3) is 0 Å². The van der Waals surface area contributed by atoms with E-state index in [0.717, 1.165) is 5.69 Å². The number of nitrogens with one attached hydrogen (secondary N) is 1. The quantitative estimate of drug-likeness (QED) is 0.857. The number of nitriles is 1. The van der Waals surface area contributed by atoms with Gasteiger partial charge in [-0.05, 0) is 31.2 Å². The molecule has 4 nitrogen and oxygen atoms in total. The van der Waals surface area contributed by atoms with E-state index in [1.165, 1.54) is 23.9 Å². The van der Waals surface area contributed by atoms with Crippen LogP contribution in [0.15, 0.2) is 41.4 Å². The number of hydrogen-bond donors (Lipinski definition) is 1. The zero-order valence-corrected chi connectivity index (χ0v) is 12.8. The predicted octanol–water partition coefficient (Wildman–Crippen LogP) is 3.52. The number of halogens is 1. The van der Waals surface area contributed by atoms with E-state index in [-0.39, 0.29) is 18.0 Å². The number of carbonyl (C=O) groups is 1. The van der Waals surface area contributed by atoms with Crippen molar-refractivity contribution in [2.45, 2.75) is 18.4 Å². The van der Waals surface area contributed by atoms with Crippen molar-refractivity contribution < 1.29 is 9.18 Å². The minimum absolute atomic E-state index is 0.170. The zero-order chi connectivity index (χ0) is 15.9. The topological polar surface area (TPSA) is 65.8 Å². The summed E-state index contributed by atoms with van der Waals surface area (Å²) in [6.45, 7) is 1.84. The van der Waals surface area contributed by atoms with Gasteiger partial charge in [0.15, 0.2) is 0 Å². The van der Waals surface area contributed by atoms with Gasteiger partial charge >= 0.3 is 0 Å². The summed E-state index contributed by atoms with van der Waals surface area (Å²) in [5, 5.41) is 12.2. The third-order valence-electron chi connectivity index (χ3n) is 2.84. The standard InChI is InChI=1S/C16H14FN3OS/c1-11-6-7-12(10-18)16(19-11)22-9-8-15(21)20-14-5-3-2-4-13(14)17/h2-7H,8-9H2,1H3,(H,20,21). The summed E-state index contributed by atoms with van der Waals surface area (Å²) in [6, 6.07) is 11.6. The Labute approximate surface area is 132 Å². The number of benzene rings is 1. The molecule has 0 saturated heterocycles. The van der Waals surface area contributed by atoms with Crippen LogP contribution in [0.1, 0.15) is 17.7 Å². The Hall–Kier alpha value is -2.39. The fourth-order valence-corrected chi connectivity index (χ4v) is 2.70. The number of nitrogens with zero attached hydrogens (tertiary/aromatic N) is 2. The fourth-order valence-electron chi connectivity index (χ4n) is 1.74. The van der Waals surface area contributed by atoms with E-state index in [1.54, 1.807) is 24.3 Å². The van der Waals surface area contributed by atoms with Gasteiger partial charge in [-0.3, -0.25) is 4.79 Å². The minimum Gasteiger partial charge on any atom is -0.324 e. The van der Waals surface area contributed by atoms with Crippen LogP contribution in [0.4, 0.5) is 10.1 Å². The molecule has 1 aromatic carbocycles. The first-order valence-corrected chi connectivity index (χ1v) is 7.63. The second kappa shape index (κ2) is 7.57. The summed E-state index contributed by atoms with van der Waals surface area (Å²) < 4.78 is 13.4. The number of pyridine rings is 1. The third kappa shape index (κ3) is 4.30. The van der Waals surface area contributed by atoms with E-state index in [4.69, 9.17) is 5.26 Å². The van der Waals surface area contributed by atoms with Gasteiger partial charge in [0.25, 0.3) is 0 Å². The van der Waals surface area contributed by atoms with Crippen LogP contribution in [-0.4, -0.2) is 16.6 Å². The molecule has 1 heterocycles. The summed E-state index contributed by atoms with van der Waals surface area (Å²) >= 11 is 1.34. The van der Waals surface area contributed by atoms with Gasteiger partial charge in [0.2, 0.25) is 5.91 Å². The van der Waals surface area contributed by atoms with Gasteiger partial charge in [-0.2, -0.15) is 5.26 Å². The Balaban J connectivity index is 1.89. The number of aromatic nitrogens is 1. The lowest BCUT2D eigenvalue weighted by Crippen LogP contribution is -2.13. The molecular formula is C16H14FN3OS. The lowest BCUT2D eigenvalue weighted by molar-refractivity contribution is -0.115. The number of thioether (sulfide) groups is 1. The summed E-state index contributed by atoms with van der Waals surface area (Å²) in [4.78, 5) is 16.1. The maximum Gasteiger partial charge on any atom is 0.225 e. The first-order chi connectivity index (χ1) is 10.6. The molecule has 0 spiro atoms. The van der Waals surface area contributed by atoms with Crippen molar-refractivity contribution in [2.24, 2.45) is 0 Å². The highest BCUT2D eigenvalue weighted by Crippen LogP contribution is 2.21. The molecular weight excluding hydrogens is 301 g/mol. The third-order valence-corrected chi connectivity index (χ3v) is 3.83. The highest BCUT2D eigenvalue weighted by Gasteiger charge is 2.09.